The highest BCUT2D eigenvalue weighted by molar-refractivity contribution is 6.30. The summed E-state index contributed by atoms with van der Waals surface area (Å²) in [5.41, 5.74) is 0.504. The summed E-state index contributed by atoms with van der Waals surface area (Å²) in [5, 5.41) is 15.5. The maximum Gasteiger partial charge on any atom is 0.350 e. The van der Waals surface area contributed by atoms with E-state index < -0.39 is 5.97 Å². The molecule has 0 amide bonds. The number of nitriles is 1. The van der Waals surface area contributed by atoms with Gasteiger partial charge in [0.25, 0.3) is 0 Å². The van der Waals surface area contributed by atoms with Gasteiger partial charge in [-0.1, -0.05) is 11.6 Å². The molecule has 1 aromatic carbocycles. The van der Waals surface area contributed by atoms with Crippen LogP contribution in [0.2, 0.25) is 5.02 Å². The number of carbonyl (C=O) groups is 1. The second-order valence-corrected chi connectivity index (χ2v) is 2.89. The van der Waals surface area contributed by atoms with E-state index in [0.29, 0.717) is 10.7 Å². The van der Waals surface area contributed by atoms with Crippen molar-refractivity contribution >= 4 is 23.3 Å². The molecule has 0 bridgehead atoms. The quantitative estimate of drug-likeness (QED) is 0.584. The van der Waals surface area contributed by atoms with Crippen molar-refractivity contribution in [3.05, 3.63) is 29.3 Å². The topological polar surface area (TPSA) is 74.8 Å². The highest BCUT2D eigenvalue weighted by atomic mass is 35.5. The lowest BCUT2D eigenvalue weighted by molar-refractivity contribution is -0.143. The molecule has 0 unspecified atom stereocenters. The Balaban J connectivity index is 2.48. The monoisotopic (exact) mass is 223 g/mol. The number of hydrogen-bond acceptors (Lipinski definition) is 5. The Hall–Kier alpha value is -1.93. The van der Waals surface area contributed by atoms with Crippen LogP contribution in [0.1, 0.15) is 6.42 Å². The van der Waals surface area contributed by atoms with Crippen molar-refractivity contribution < 1.29 is 9.63 Å². The molecule has 0 saturated carbocycles. The molecule has 0 N–H and O–H groups in total. The lowest BCUT2D eigenvalue weighted by atomic mass is 10.3. The fourth-order valence-electron chi connectivity index (χ4n) is 0.718. The lowest BCUT2D eigenvalue weighted by Gasteiger charge is -1.92. The highest BCUT2D eigenvalue weighted by Crippen LogP contribution is 2.16. The van der Waals surface area contributed by atoms with Crippen LogP contribution in [-0.4, -0.2) is 5.97 Å². The molecular formula is C9H6ClN3O2. The molecule has 0 aromatic heterocycles. The van der Waals surface area contributed by atoms with Crippen LogP contribution < -0.4 is 0 Å². The molecule has 0 aliphatic carbocycles. The van der Waals surface area contributed by atoms with Crippen molar-refractivity contribution in [2.45, 2.75) is 6.42 Å². The van der Waals surface area contributed by atoms with Gasteiger partial charge in [-0.3, -0.25) is 4.84 Å². The first kappa shape index (κ1) is 11.1. The SMILES string of the molecule is N#CCC(=O)ON=Nc1ccc(Cl)cc1. The Kier molecular flexibility index (Phi) is 4.26. The maximum absolute atomic E-state index is 10.7. The highest BCUT2D eigenvalue weighted by Gasteiger charge is 1.99. The molecule has 15 heavy (non-hydrogen) atoms. The molecule has 6 heteroatoms. The lowest BCUT2D eigenvalue weighted by Crippen LogP contribution is -1.95. The van der Waals surface area contributed by atoms with Crippen molar-refractivity contribution in [1.29, 1.82) is 5.26 Å². The Labute approximate surface area is 90.9 Å². The van der Waals surface area contributed by atoms with Crippen molar-refractivity contribution in [1.82, 2.24) is 0 Å². The van der Waals surface area contributed by atoms with E-state index in [4.69, 9.17) is 16.9 Å². The molecule has 0 heterocycles. The van der Waals surface area contributed by atoms with E-state index >= 15 is 0 Å². The van der Waals surface area contributed by atoms with Crippen LogP contribution in [0.15, 0.2) is 34.7 Å². The summed E-state index contributed by atoms with van der Waals surface area (Å²) in [6.07, 6.45) is -0.348. The van der Waals surface area contributed by atoms with Crippen LogP contribution in [0.4, 0.5) is 5.69 Å². The minimum absolute atomic E-state index is 0.348. The zero-order valence-corrected chi connectivity index (χ0v) is 8.31. The van der Waals surface area contributed by atoms with Gasteiger partial charge in [-0.15, -0.1) is 5.11 Å². The molecule has 1 aromatic rings. The first-order valence-electron chi connectivity index (χ1n) is 3.96. The summed E-state index contributed by atoms with van der Waals surface area (Å²) in [4.78, 5) is 14.9. The van der Waals surface area contributed by atoms with E-state index in [1.54, 1.807) is 30.3 Å². The van der Waals surface area contributed by atoms with Crippen molar-refractivity contribution in [2.75, 3.05) is 0 Å². The van der Waals surface area contributed by atoms with Crippen molar-refractivity contribution in [3.8, 4) is 6.07 Å². The number of rotatable bonds is 3. The summed E-state index contributed by atoms with van der Waals surface area (Å²) >= 11 is 5.64. The predicted octanol–water partition coefficient (Wildman–Crippen LogP) is 2.80. The van der Waals surface area contributed by atoms with E-state index in [1.165, 1.54) is 0 Å². The van der Waals surface area contributed by atoms with Crippen LogP contribution in [0, 0.1) is 11.3 Å². The van der Waals surface area contributed by atoms with E-state index in [9.17, 15) is 4.79 Å². The van der Waals surface area contributed by atoms with Gasteiger partial charge in [-0.05, 0) is 24.3 Å². The molecule has 0 spiro atoms. The second kappa shape index (κ2) is 5.73. The number of hydrogen-bond donors (Lipinski definition) is 0. The van der Waals surface area contributed by atoms with Gasteiger partial charge in [0.2, 0.25) is 0 Å². The van der Waals surface area contributed by atoms with Gasteiger partial charge >= 0.3 is 5.97 Å². The first-order valence-corrected chi connectivity index (χ1v) is 4.33. The van der Waals surface area contributed by atoms with E-state index in [2.05, 4.69) is 15.2 Å². The minimum Gasteiger partial charge on any atom is -0.299 e. The number of benzene rings is 1. The number of carbonyl (C=O) groups excluding carboxylic acids is 1. The van der Waals surface area contributed by atoms with Gasteiger partial charge in [0.05, 0.1) is 11.8 Å². The summed E-state index contributed by atoms with van der Waals surface area (Å²) in [5.74, 6) is -0.741. The molecule has 0 aliphatic rings. The minimum atomic E-state index is -0.741. The average Bonchev–Trinajstić information content (AvgIpc) is 2.21. The largest absolute Gasteiger partial charge is 0.350 e. The van der Waals surface area contributed by atoms with Crippen LogP contribution in [0.25, 0.3) is 0 Å². The Bertz CT molecular complexity index is 408. The molecule has 1 rings (SSSR count). The van der Waals surface area contributed by atoms with Gasteiger partial charge in [-0.2, -0.15) is 5.26 Å². The van der Waals surface area contributed by atoms with Gasteiger partial charge in [-0.25, -0.2) is 4.79 Å². The fraction of sp³-hybridized carbons (Fsp3) is 0.111. The van der Waals surface area contributed by atoms with Crippen molar-refractivity contribution in [2.24, 2.45) is 10.4 Å². The van der Waals surface area contributed by atoms with Crippen molar-refractivity contribution in [3.63, 3.8) is 0 Å². The third-order valence-corrected chi connectivity index (χ3v) is 1.60. The Morgan fingerprint density at radius 3 is 2.73 bits per heavy atom. The van der Waals surface area contributed by atoms with Crippen LogP contribution in [-0.2, 0) is 9.63 Å². The Morgan fingerprint density at radius 1 is 1.47 bits per heavy atom. The summed E-state index contributed by atoms with van der Waals surface area (Å²) in [6.45, 7) is 0. The smallest absolute Gasteiger partial charge is 0.299 e. The summed E-state index contributed by atoms with van der Waals surface area (Å²) in [6, 6.07) is 8.12. The van der Waals surface area contributed by atoms with E-state index in [-0.39, 0.29) is 6.42 Å². The average molecular weight is 224 g/mol. The Morgan fingerprint density at radius 2 is 2.13 bits per heavy atom. The van der Waals surface area contributed by atoms with Gasteiger partial charge in [0.1, 0.15) is 6.42 Å². The van der Waals surface area contributed by atoms with Crippen LogP contribution >= 0.6 is 11.6 Å². The predicted molar refractivity (Wildman–Crippen MR) is 52.3 cm³/mol. The molecular weight excluding hydrogens is 218 g/mol. The molecule has 0 atom stereocenters. The number of nitrogens with zero attached hydrogens (tertiary/aromatic N) is 3. The molecule has 5 nitrogen and oxygen atoms in total. The zero-order chi connectivity index (χ0) is 11.1. The third kappa shape index (κ3) is 4.20. The summed E-state index contributed by atoms with van der Waals surface area (Å²) in [7, 11) is 0. The maximum atomic E-state index is 10.7. The standard InChI is InChI=1S/C9H6ClN3O2/c10-7-1-3-8(4-2-7)12-13-15-9(14)5-6-11/h1-4H,5H2. The van der Waals surface area contributed by atoms with Crippen LogP contribution in [0.3, 0.4) is 0 Å². The van der Waals surface area contributed by atoms with Crippen LogP contribution in [0.5, 0.6) is 0 Å². The van der Waals surface area contributed by atoms with E-state index in [1.807, 2.05) is 0 Å². The van der Waals surface area contributed by atoms with E-state index in [0.717, 1.165) is 0 Å². The molecule has 76 valence electrons. The summed E-state index contributed by atoms with van der Waals surface area (Å²) < 4.78 is 0. The molecule has 0 saturated heterocycles. The first-order chi connectivity index (χ1) is 7.22. The molecule has 0 aliphatic heterocycles. The number of halogens is 1. The second-order valence-electron chi connectivity index (χ2n) is 2.46. The van der Waals surface area contributed by atoms with Gasteiger partial charge < -0.3 is 0 Å². The molecule has 0 radical (unpaired) electrons. The third-order valence-electron chi connectivity index (χ3n) is 1.35. The van der Waals surface area contributed by atoms with Gasteiger partial charge in [0, 0.05) is 10.3 Å². The zero-order valence-electron chi connectivity index (χ0n) is 7.55. The van der Waals surface area contributed by atoms with Gasteiger partial charge in [0.15, 0.2) is 0 Å². The fourth-order valence-corrected chi connectivity index (χ4v) is 0.844. The molecule has 0 fully saturated rings. The normalized spacial score (nSPS) is 9.87.